The molecule has 0 amide bonds. The largest absolute Gasteiger partial charge is 0.573 e. The molecule has 0 aliphatic carbocycles. The van der Waals surface area contributed by atoms with E-state index in [1.807, 2.05) is 25.8 Å². The van der Waals surface area contributed by atoms with Gasteiger partial charge in [-0.05, 0) is 38.6 Å². The van der Waals surface area contributed by atoms with Crippen LogP contribution in [0.15, 0.2) is 24.3 Å². The molecule has 19 heavy (non-hydrogen) atoms. The van der Waals surface area contributed by atoms with Crippen molar-refractivity contribution in [2.24, 2.45) is 0 Å². The van der Waals surface area contributed by atoms with Crippen molar-refractivity contribution in [1.29, 1.82) is 0 Å². The normalized spacial score (nSPS) is 12.8. The minimum absolute atomic E-state index is 0.178. The molecule has 0 unspecified atom stereocenters. The van der Waals surface area contributed by atoms with E-state index in [0.717, 1.165) is 5.56 Å². The van der Waals surface area contributed by atoms with Crippen LogP contribution < -0.4 is 4.74 Å². The summed E-state index contributed by atoms with van der Waals surface area (Å²) in [7, 11) is 1.92. The Labute approximate surface area is 116 Å². The second kappa shape index (κ2) is 6.01. The van der Waals surface area contributed by atoms with E-state index in [0.29, 0.717) is 12.4 Å². The van der Waals surface area contributed by atoms with Crippen LogP contribution >= 0.6 is 11.6 Å². The van der Waals surface area contributed by atoms with E-state index in [9.17, 15) is 13.2 Å². The summed E-state index contributed by atoms with van der Waals surface area (Å²) in [5.74, 6) is 0.259. The number of alkyl halides is 4. The van der Waals surface area contributed by atoms with Gasteiger partial charge < -0.3 is 4.74 Å². The Hall–Kier alpha value is -0.940. The van der Waals surface area contributed by atoms with Gasteiger partial charge in [0.2, 0.25) is 0 Å². The minimum Gasteiger partial charge on any atom is -0.406 e. The lowest BCUT2D eigenvalue weighted by Crippen LogP contribution is -2.42. The highest BCUT2D eigenvalue weighted by molar-refractivity contribution is 6.18. The molecule has 0 heterocycles. The first-order chi connectivity index (χ1) is 8.64. The molecular weight excluding hydrogens is 279 g/mol. The van der Waals surface area contributed by atoms with Crippen LogP contribution in [0.5, 0.6) is 5.75 Å². The fourth-order valence-corrected chi connectivity index (χ4v) is 1.59. The summed E-state index contributed by atoms with van der Waals surface area (Å²) in [6.45, 7) is 4.61. The Morgan fingerprint density at radius 3 is 2.11 bits per heavy atom. The highest BCUT2D eigenvalue weighted by Gasteiger charge is 2.31. The number of ether oxygens (including phenoxy) is 1. The fourth-order valence-electron chi connectivity index (χ4n) is 1.39. The number of halogens is 4. The van der Waals surface area contributed by atoms with Crippen molar-refractivity contribution in [1.82, 2.24) is 4.90 Å². The quantitative estimate of drug-likeness (QED) is 0.760. The van der Waals surface area contributed by atoms with Gasteiger partial charge in [0.15, 0.2) is 0 Å². The van der Waals surface area contributed by atoms with Crippen LogP contribution in [0.4, 0.5) is 13.2 Å². The highest BCUT2D eigenvalue weighted by atomic mass is 35.5. The number of hydrogen-bond donors (Lipinski definition) is 0. The zero-order valence-corrected chi connectivity index (χ0v) is 11.8. The van der Waals surface area contributed by atoms with Gasteiger partial charge >= 0.3 is 6.36 Å². The lowest BCUT2D eigenvalue weighted by atomic mass is 10.1. The van der Waals surface area contributed by atoms with Crippen molar-refractivity contribution in [2.75, 3.05) is 12.9 Å². The van der Waals surface area contributed by atoms with Gasteiger partial charge in [0.1, 0.15) is 5.75 Å². The van der Waals surface area contributed by atoms with Crippen LogP contribution in [0.1, 0.15) is 19.4 Å². The molecular formula is C13H17ClF3NO. The molecule has 0 aliphatic rings. The fraction of sp³-hybridized carbons (Fsp3) is 0.538. The molecule has 6 heteroatoms. The van der Waals surface area contributed by atoms with Crippen LogP contribution in [0.3, 0.4) is 0 Å². The summed E-state index contributed by atoms with van der Waals surface area (Å²) in [6, 6.07) is 5.85. The van der Waals surface area contributed by atoms with Gasteiger partial charge in [0, 0.05) is 18.0 Å². The van der Waals surface area contributed by atoms with E-state index in [2.05, 4.69) is 4.74 Å². The molecule has 108 valence electrons. The van der Waals surface area contributed by atoms with E-state index in [-0.39, 0.29) is 11.3 Å². The molecule has 1 rings (SSSR count). The van der Waals surface area contributed by atoms with Gasteiger partial charge in [-0.25, -0.2) is 0 Å². The van der Waals surface area contributed by atoms with Crippen molar-refractivity contribution in [2.45, 2.75) is 32.3 Å². The van der Waals surface area contributed by atoms with Gasteiger partial charge in [0.05, 0.1) is 0 Å². The molecule has 0 radical (unpaired) electrons. The smallest absolute Gasteiger partial charge is 0.406 e. The molecule has 0 saturated heterocycles. The first-order valence-corrected chi connectivity index (χ1v) is 6.29. The SMILES string of the molecule is CN(Cc1ccc(OC(F)(F)F)cc1)C(C)(C)CCl. The Balaban J connectivity index is 2.67. The van der Waals surface area contributed by atoms with Crippen LogP contribution in [0.2, 0.25) is 0 Å². The molecule has 0 aliphatic heterocycles. The van der Waals surface area contributed by atoms with Crippen LogP contribution in [0, 0.1) is 0 Å². The van der Waals surface area contributed by atoms with Gasteiger partial charge in [-0.2, -0.15) is 0 Å². The Kier molecular flexibility index (Phi) is 5.10. The summed E-state index contributed by atoms with van der Waals surface area (Å²) < 4.78 is 39.8. The summed E-state index contributed by atoms with van der Waals surface area (Å²) in [5, 5.41) is 0. The average molecular weight is 296 g/mol. The third-order valence-corrected chi connectivity index (χ3v) is 3.59. The molecule has 0 N–H and O–H groups in total. The third-order valence-electron chi connectivity index (χ3n) is 2.94. The average Bonchev–Trinajstić information content (AvgIpc) is 2.29. The number of rotatable bonds is 5. The number of nitrogens with zero attached hydrogens (tertiary/aromatic N) is 1. The standard InChI is InChI=1S/C13H17ClF3NO/c1-12(2,9-14)18(3)8-10-4-6-11(7-5-10)19-13(15,16)17/h4-7H,8-9H2,1-3H3. The molecule has 1 aromatic rings. The second-order valence-electron chi connectivity index (χ2n) is 4.99. The van der Waals surface area contributed by atoms with Crippen LogP contribution in [-0.2, 0) is 6.54 Å². The first kappa shape index (κ1) is 16.1. The van der Waals surface area contributed by atoms with Crippen LogP contribution in [0.25, 0.3) is 0 Å². The van der Waals surface area contributed by atoms with Crippen LogP contribution in [-0.4, -0.2) is 29.7 Å². The Morgan fingerprint density at radius 2 is 1.68 bits per heavy atom. The van der Waals surface area contributed by atoms with Crippen molar-refractivity contribution in [3.8, 4) is 5.75 Å². The monoisotopic (exact) mass is 295 g/mol. The van der Waals surface area contributed by atoms with Crippen molar-refractivity contribution < 1.29 is 17.9 Å². The first-order valence-electron chi connectivity index (χ1n) is 5.76. The zero-order chi connectivity index (χ0) is 14.7. The maximum atomic E-state index is 12.0. The third kappa shape index (κ3) is 5.28. The Morgan fingerprint density at radius 1 is 1.16 bits per heavy atom. The van der Waals surface area contributed by atoms with E-state index in [4.69, 9.17) is 11.6 Å². The topological polar surface area (TPSA) is 12.5 Å². The van der Waals surface area contributed by atoms with E-state index < -0.39 is 6.36 Å². The molecule has 0 bridgehead atoms. The molecule has 0 spiro atoms. The zero-order valence-electron chi connectivity index (χ0n) is 11.1. The van der Waals surface area contributed by atoms with Crippen molar-refractivity contribution in [3.63, 3.8) is 0 Å². The predicted molar refractivity (Wildman–Crippen MR) is 69.4 cm³/mol. The summed E-state index contributed by atoms with van der Waals surface area (Å²) in [5.41, 5.74) is 0.720. The molecule has 1 aromatic carbocycles. The van der Waals surface area contributed by atoms with Gasteiger partial charge in [0.25, 0.3) is 0 Å². The number of hydrogen-bond acceptors (Lipinski definition) is 2. The van der Waals surface area contributed by atoms with Gasteiger partial charge in [-0.15, -0.1) is 24.8 Å². The summed E-state index contributed by atoms with van der Waals surface area (Å²) in [4.78, 5) is 2.04. The molecule has 0 atom stereocenters. The second-order valence-corrected chi connectivity index (χ2v) is 5.26. The maximum Gasteiger partial charge on any atom is 0.573 e. The predicted octanol–water partition coefficient (Wildman–Crippen LogP) is 4.03. The molecule has 2 nitrogen and oxygen atoms in total. The lowest BCUT2D eigenvalue weighted by molar-refractivity contribution is -0.274. The van der Waals surface area contributed by atoms with Gasteiger partial charge in [-0.3, -0.25) is 4.90 Å². The number of benzene rings is 1. The van der Waals surface area contributed by atoms with E-state index in [1.165, 1.54) is 12.1 Å². The van der Waals surface area contributed by atoms with Gasteiger partial charge in [-0.1, -0.05) is 12.1 Å². The van der Waals surface area contributed by atoms with E-state index >= 15 is 0 Å². The summed E-state index contributed by atoms with van der Waals surface area (Å²) >= 11 is 5.87. The molecule has 0 aromatic heterocycles. The summed E-state index contributed by atoms with van der Waals surface area (Å²) in [6.07, 6.45) is -4.65. The minimum atomic E-state index is -4.65. The molecule has 0 fully saturated rings. The highest BCUT2D eigenvalue weighted by Crippen LogP contribution is 2.24. The maximum absolute atomic E-state index is 12.0. The van der Waals surface area contributed by atoms with Crippen molar-refractivity contribution in [3.05, 3.63) is 29.8 Å². The Bertz CT molecular complexity index is 403. The lowest BCUT2D eigenvalue weighted by Gasteiger charge is -2.33. The van der Waals surface area contributed by atoms with Crippen molar-refractivity contribution >= 4 is 11.6 Å². The molecule has 0 saturated carbocycles. The van der Waals surface area contributed by atoms with E-state index in [1.54, 1.807) is 12.1 Å².